The van der Waals surface area contributed by atoms with Gasteiger partial charge in [-0.25, -0.2) is 9.97 Å². The minimum absolute atomic E-state index is 0.0557. The smallest absolute Gasteiger partial charge is 0.244 e. The zero-order chi connectivity index (χ0) is 15.2. The Balaban J connectivity index is 1.95. The molecule has 1 saturated heterocycles. The molecule has 0 radical (unpaired) electrons. The van der Waals surface area contributed by atoms with Crippen molar-refractivity contribution in [1.29, 1.82) is 0 Å². The van der Waals surface area contributed by atoms with Crippen molar-refractivity contribution >= 4 is 11.7 Å². The van der Waals surface area contributed by atoms with Crippen LogP contribution >= 0.6 is 0 Å². The van der Waals surface area contributed by atoms with Crippen molar-refractivity contribution in [2.45, 2.75) is 52.2 Å². The molecule has 1 aromatic heterocycles. The van der Waals surface area contributed by atoms with Crippen LogP contribution in [0.4, 0.5) is 5.82 Å². The van der Waals surface area contributed by atoms with E-state index in [9.17, 15) is 4.79 Å². The molecular weight excluding hydrogens is 268 g/mol. The number of rotatable bonds is 5. The summed E-state index contributed by atoms with van der Waals surface area (Å²) in [4.78, 5) is 22.5. The summed E-state index contributed by atoms with van der Waals surface area (Å²) in [6, 6.07) is 1.42. The second kappa shape index (κ2) is 7.24. The van der Waals surface area contributed by atoms with Crippen molar-refractivity contribution in [2.75, 3.05) is 18.4 Å². The molecule has 6 nitrogen and oxygen atoms in total. The van der Waals surface area contributed by atoms with Crippen LogP contribution < -0.4 is 10.1 Å². The summed E-state index contributed by atoms with van der Waals surface area (Å²) in [5, 5.41) is 3.13. The molecule has 1 aliphatic rings. The maximum atomic E-state index is 12.4. The first-order valence-corrected chi connectivity index (χ1v) is 7.60. The van der Waals surface area contributed by atoms with E-state index in [1.807, 2.05) is 25.7 Å². The predicted molar refractivity (Wildman–Crippen MR) is 81.3 cm³/mol. The lowest BCUT2D eigenvalue weighted by Crippen LogP contribution is -2.44. The van der Waals surface area contributed by atoms with Crippen molar-refractivity contribution in [1.82, 2.24) is 14.9 Å². The van der Waals surface area contributed by atoms with Crippen LogP contribution in [0.25, 0.3) is 0 Å². The monoisotopic (exact) mass is 292 g/mol. The number of carbonyl (C=O) groups is 1. The number of nitrogens with zero attached hydrogens (tertiary/aromatic N) is 3. The summed E-state index contributed by atoms with van der Waals surface area (Å²) in [5.74, 6) is 1.25. The van der Waals surface area contributed by atoms with E-state index < -0.39 is 0 Å². The summed E-state index contributed by atoms with van der Waals surface area (Å²) in [6.45, 7) is 7.46. The summed E-state index contributed by atoms with van der Waals surface area (Å²) >= 11 is 0. The average Bonchev–Trinajstić information content (AvgIpc) is 2.47. The molecule has 1 fully saturated rings. The number of carbonyl (C=O) groups excluding carboxylic acids is 1. The highest BCUT2D eigenvalue weighted by Crippen LogP contribution is 2.15. The van der Waals surface area contributed by atoms with E-state index in [2.05, 4.69) is 15.3 Å². The fraction of sp³-hybridized carbons (Fsp3) is 0.667. The number of hydrogen-bond acceptors (Lipinski definition) is 5. The molecule has 116 valence electrons. The second-order valence-electron chi connectivity index (χ2n) is 5.66. The second-order valence-corrected chi connectivity index (χ2v) is 5.66. The topological polar surface area (TPSA) is 67.3 Å². The Morgan fingerprint density at radius 1 is 1.24 bits per heavy atom. The highest BCUT2D eigenvalue weighted by Gasteiger charge is 2.22. The molecule has 1 atom stereocenters. The number of likely N-dealkylation sites (tertiary alicyclic amines) is 1. The van der Waals surface area contributed by atoms with Gasteiger partial charge in [0.25, 0.3) is 0 Å². The summed E-state index contributed by atoms with van der Waals surface area (Å²) in [7, 11) is 0. The first-order valence-electron chi connectivity index (χ1n) is 7.60. The lowest BCUT2D eigenvalue weighted by molar-refractivity contribution is -0.132. The Morgan fingerprint density at radius 2 is 1.95 bits per heavy atom. The van der Waals surface area contributed by atoms with Gasteiger partial charge in [-0.1, -0.05) is 0 Å². The van der Waals surface area contributed by atoms with E-state index in [0.29, 0.717) is 11.7 Å². The van der Waals surface area contributed by atoms with Crippen molar-refractivity contribution in [3.8, 4) is 5.88 Å². The standard InChI is InChI=1S/C15H24N4O2/c1-11(2)21-14-9-13(16-10-17-14)18-12(3)15(20)19-7-5-4-6-8-19/h9-12H,4-8H2,1-3H3,(H,16,17,18). The molecular formula is C15H24N4O2. The third-order valence-electron chi connectivity index (χ3n) is 3.40. The van der Waals surface area contributed by atoms with Crippen LogP contribution in [0, 0.1) is 0 Å². The molecule has 0 spiro atoms. The van der Waals surface area contributed by atoms with Gasteiger partial charge in [-0.15, -0.1) is 0 Å². The van der Waals surface area contributed by atoms with Gasteiger partial charge in [0.05, 0.1) is 6.10 Å². The van der Waals surface area contributed by atoms with Gasteiger partial charge >= 0.3 is 0 Å². The minimum atomic E-state index is -0.301. The highest BCUT2D eigenvalue weighted by atomic mass is 16.5. The molecule has 1 amide bonds. The number of ether oxygens (including phenoxy) is 1. The lowest BCUT2D eigenvalue weighted by Gasteiger charge is -2.29. The number of anilines is 1. The van der Waals surface area contributed by atoms with Crippen molar-refractivity contribution in [2.24, 2.45) is 0 Å². The van der Waals surface area contributed by atoms with Gasteiger partial charge in [0, 0.05) is 19.2 Å². The van der Waals surface area contributed by atoms with Crippen molar-refractivity contribution in [3.63, 3.8) is 0 Å². The van der Waals surface area contributed by atoms with Crippen LogP contribution in [-0.4, -0.2) is 46.0 Å². The van der Waals surface area contributed by atoms with E-state index >= 15 is 0 Å². The number of hydrogen-bond donors (Lipinski definition) is 1. The Morgan fingerprint density at radius 3 is 2.62 bits per heavy atom. The van der Waals surface area contributed by atoms with Crippen LogP contribution in [0.3, 0.4) is 0 Å². The molecule has 0 aliphatic carbocycles. The molecule has 0 aromatic carbocycles. The maximum absolute atomic E-state index is 12.4. The number of nitrogens with one attached hydrogen (secondary N) is 1. The normalized spacial score (nSPS) is 16.7. The van der Waals surface area contributed by atoms with Crippen LogP contribution in [0.15, 0.2) is 12.4 Å². The van der Waals surface area contributed by atoms with Gasteiger partial charge < -0.3 is 15.0 Å². The molecule has 0 bridgehead atoms. The summed E-state index contributed by atoms with van der Waals surface area (Å²) < 4.78 is 5.53. The van der Waals surface area contributed by atoms with Gasteiger partial charge in [-0.2, -0.15) is 0 Å². The molecule has 2 rings (SSSR count). The van der Waals surface area contributed by atoms with Crippen LogP contribution in [0.5, 0.6) is 5.88 Å². The highest BCUT2D eigenvalue weighted by molar-refractivity contribution is 5.84. The Bertz CT molecular complexity index is 472. The molecule has 1 N–H and O–H groups in total. The molecule has 6 heteroatoms. The zero-order valence-corrected chi connectivity index (χ0v) is 13.0. The Labute approximate surface area is 125 Å². The third kappa shape index (κ3) is 4.58. The van der Waals surface area contributed by atoms with E-state index in [4.69, 9.17) is 4.74 Å². The lowest BCUT2D eigenvalue weighted by atomic mass is 10.1. The molecule has 21 heavy (non-hydrogen) atoms. The molecule has 1 aromatic rings. The Kier molecular flexibility index (Phi) is 5.36. The van der Waals surface area contributed by atoms with Crippen LogP contribution in [0.2, 0.25) is 0 Å². The minimum Gasteiger partial charge on any atom is -0.475 e. The quantitative estimate of drug-likeness (QED) is 0.900. The zero-order valence-electron chi connectivity index (χ0n) is 13.0. The van der Waals surface area contributed by atoms with Gasteiger partial charge in [0.2, 0.25) is 11.8 Å². The largest absolute Gasteiger partial charge is 0.475 e. The Hall–Kier alpha value is -1.85. The van der Waals surface area contributed by atoms with Crippen LogP contribution in [0.1, 0.15) is 40.0 Å². The summed E-state index contributed by atoms with van der Waals surface area (Å²) in [5.41, 5.74) is 0. The maximum Gasteiger partial charge on any atom is 0.244 e. The molecule has 1 aliphatic heterocycles. The summed E-state index contributed by atoms with van der Waals surface area (Å²) in [6.07, 6.45) is 4.91. The van der Waals surface area contributed by atoms with E-state index in [0.717, 1.165) is 25.9 Å². The number of aromatic nitrogens is 2. The molecule has 2 heterocycles. The van der Waals surface area contributed by atoms with E-state index in [-0.39, 0.29) is 18.1 Å². The van der Waals surface area contributed by atoms with Crippen molar-refractivity contribution in [3.05, 3.63) is 12.4 Å². The van der Waals surface area contributed by atoms with Crippen LogP contribution in [-0.2, 0) is 4.79 Å². The van der Waals surface area contributed by atoms with Gasteiger partial charge in [0.1, 0.15) is 18.2 Å². The van der Waals surface area contributed by atoms with Gasteiger partial charge in [-0.3, -0.25) is 4.79 Å². The van der Waals surface area contributed by atoms with Gasteiger partial charge in [-0.05, 0) is 40.0 Å². The third-order valence-corrected chi connectivity index (χ3v) is 3.40. The number of amides is 1. The first-order chi connectivity index (χ1) is 10.1. The van der Waals surface area contributed by atoms with Crippen molar-refractivity contribution < 1.29 is 9.53 Å². The average molecular weight is 292 g/mol. The predicted octanol–water partition coefficient (Wildman–Crippen LogP) is 2.08. The molecule has 0 saturated carbocycles. The number of piperidine rings is 1. The van der Waals surface area contributed by atoms with Gasteiger partial charge in [0.15, 0.2) is 0 Å². The van der Waals surface area contributed by atoms with E-state index in [1.165, 1.54) is 12.7 Å². The van der Waals surface area contributed by atoms with E-state index in [1.54, 1.807) is 6.07 Å². The SMILES string of the molecule is CC(C)Oc1cc(NC(C)C(=O)N2CCCCC2)ncn1. The molecule has 1 unspecified atom stereocenters. The fourth-order valence-electron chi connectivity index (χ4n) is 2.40. The fourth-order valence-corrected chi connectivity index (χ4v) is 2.40. The first kappa shape index (κ1) is 15.5.